The van der Waals surface area contributed by atoms with Gasteiger partial charge in [0.2, 0.25) is 6.29 Å². The first-order chi connectivity index (χ1) is 26.3. The third-order valence-electron chi connectivity index (χ3n) is 8.66. The molecule has 0 saturated carbocycles. The fraction of sp³-hybridized carbons (Fsp3) is 0.421. The summed E-state index contributed by atoms with van der Waals surface area (Å²) in [6.45, 7) is 11.8. The first-order valence-electron chi connectivity index (χ1n) is 18.0. The van der Waals surface area contributed by atoms with E-state index in [1.54, 1.807) is 32.2 Å². The predicted molar refractivity (Wildman–Crippen MR) is 199 cm³/mol. The molecule has 292 valence electrons. The van der Waals surface area contributed by atoms with Gasteiger partial charge in [0.25, 0.3) is 16.3 Å². The smallest absolute Gasteiger partial charge is 0.465 e. The second-order valence-electron chi connectivity index (χ2n) is 13.7. The predicted octanol–water partition coefficient (Wildman–Crippen LogP) is 6.98. The number of hydrogen-bond donors (Lipinski definition) is 2. The van der Waals surface area contributed by atoms with Gasteiger partial charge in [-0.15, -0.1) is 10.1 Å². The Morgan fingerprint density at radius 3 is 2.42 bits per heavy atom. The molecule has 5 rings (SSSR count). The van der Waals surface area contributed by atoms with Crippen molar-refractivity contribution in [2.24, 2.45) is 5.28 Å². The molecule has 2 atom stereocenters. The molecule has 0 bridgehead atoms. The molecular formula is C38H48N9O8+. The van der Waals surface area contributed by atoms with Crippen LogP contribution >= 0.6 is 0 Å². The van der Waals surface area contributed by atoms with Crippen LogP contribution < -0.4 is 4.74 Å². The van der Waals surface area contributed by atoms with Gasteiger partial charge in [-0.25, -0.2) is 19.9 Å². The van der Waals surface area contributed by atoms with E-state index in [-0.39, 0.29) is 17.7 Å². The minimum Gasteiger partial charge on any atom is -0.465 e. The number of hydrogen-bond acceptors (Lipinski definition) is 12. The molecule has 2 aromatic heterocycles. The molecule has 1 unspecified atom stereocenters. The van der Waals surface area contributed by atoms with E-state index in [1.165, 1.54) is 11.9 Å². The molecule has 0 aliphatic heterocycles. The summed E-state index contributed by atoms with van der Waals surface area (Å²) in [6, 6.07) is 21.3. The summed E-state index contributed by atoms with van der Waals surface area (Å²) >= 11 is 0. The van der Waals surface area contributed by atoms with Gasteiger partial charge in [0.1, 0.15) is 12.7 Å². The Balaban J connectivity index is 1.18. The lowest BCUT2D eigenvalue weighted by Crippen LogP contribution is -2.43. The average molecular weight is 759 g/mol. The minimum absolute atomic E-state index is 0.225. The minimum atomic E-state index is -1.24. The SMILES string of the molecule is CCOc1nc2cccc(C(=O)OC(C)OC(=O)O[C@@H](C)CCCCO/N=[N+](\O)N(C)C(C)(C)C)c2n1Cc1ccc(-c2ccccc2-c2nnn[nH]2)cc1. The Morgan fingerprint density at radius 2 is 1.73 bits per heavy atom. The van der Waals surface area contributed by atoms with Gasteiger partial charge in [0.15, 0.2) is 5.82 Å². The number of aromatic nitrogens is 6. The number of fused-ring (bicyclic) bond motifs is 1. The maximum absolute atomic E-state index is 13.5. The largest absolute Gasteiger partial charge is 0.511 e. The molecule has 0 saturated heterocycles. The number of rotatable bonds is 17. The summed E-state index contributed by atoms with van der Waals surface area (Å²) in [5.74, 6) is -0.142. The number of benzene rings is 3. The van der Waals surface area contributed by atoms with Crippen molar-refractivity contribution in [3.63, 3.8) is 0 Å². The number of unbranched alkanes of at least 4 members (excludes halogenated alkanes) is 1. The van der Waals surface area contributed by atoms with Gasteiger partial charge < -0.3 is 23.8 Å². The molecule has 5 aromatic rings. The van der Waals surface area contributed by atoms with Crippen molar-refractivity contribution in [3.8, 4) is 28.5 Å². The van der Waals surface area contributed by atoms with Crippen LogP contribution in [-0.2, 0) is 25.6 Å². The number of nitrogens with zero attached hydrogens (tertiary/aromatic N) is 8. The van der Waals surface area contributed by atoms with Crippen molar-refractivity contribution < 1.29 is 43.6 Å². The zero-order chi connectivity index (χ0) is 39.5. The van der Waals surface area contributed by atoms with Crippen LogP contribution in [0.25, 0.3) is 33.5 Å². The Kier molecular flexibility index (Phi) is 13.2. The van der Waals surface area contributed by atoms with E-state index in [4.69, 9.17) is 23.8 Å². The molecule has 17 heteroatoms. The standard InChI is InChI=1S/C38H48N9O8/c1-8-51-36-39-32-18-13-17-31(33(32)46(36)24-27-19-21-28(22-20-27)29-15-9-10-16-30(29)34-40-42-43-41-34)35(48)54-26(3)55-37(49)53-25(2)14-11-12-23-52-44-47(50)45(7)38(4,5)6/h9-10,13,15-22,25-26H,8,11-12,14,23-24H2,1-7H3,(H,44,50)(H,40,41,42,43)/q+1/t25-,26?/m0/s1. The summed E-state index contributed by atoms with van der Waals surface area (Å²) in [5.41, 5.74) is 4.67. The van der Waals surface area contributed by atoms with Gasteiger partial charge in [-0.3, -0.25) is 4.57 Å². The quantitative estimate of drug-likeness (QED) is 0.0247. The van der Waals surface area contributed by atoms with Crippen molar-refractivity contribution in [3.05, 3.63) is 77.9 Å². The molecule has 3 aromatic carbocycles. The number of carbonyl (C=O) groups excluding carboxylic acids is 2. The zero-order valence-corrected chi connectivity index (χ0v) is 32.1. The number of hydrazine groups is 1. The Hall–Kier alpha value is -6.26. The fourth-order valence-electron chi connectivity index (χ4n) is 5.54. The molecule has 0 radical (unpaired) electrons. The Labute approximate surface area is 318 Å². The van der Waals surface area contributed by atoms with Crippen molar-refractivity contribution in [1.29, 1.82) is 0 Å². The van der Waals surface area contributed by atoms with E-state index in [0.29, 0.717) is 60.3 Å². The molecule has 2 N–H and O–H groups in total. The average Bonchev–Trinajstić information content (AvgIpc) is 3.81. The van der Waals surface area contributed by atoms with Gasteiger partial charge in [-0.05, 0) is 93.1 Å². The molecule has 2 heterocycles. The zero-order valence-electron chi connectivity index (χ0n) is 32.1. The Morgan fingerprint density at radius 1 is 0.982 bits per heavy atom. The summed E-state index contributed by atoms with van der Waals surface area (Å²) in [6.07, 6.45) is -0.869. The number of aromatic amines is 1. The second-order valence-corrected chi connectivity index (χ2v) is 13.7. The van der Waals surface area contributed by atoms with E-state index in [0.717, 1.165) is 22.3 Å². The molecule has 0 aliphatic carbocycles. The first kappa shape index (κ1) is 39.9. The lowest BCUT2D eigenvalue weighted by atomic mass is 9.98. The maximum Gasteiger partial charge on any atom is 0.511 e. The van der Waals surface area contributed by atoms with Crippen LogP contribution in [0.3, 0.4) is 0 Å². The lowest BCUT2D eigenvalue weighted by molar-refractivity contribution is -0.946. The number of para-hydroxylation sites is 1. The van der Waals surface area contributed by atoms with Gasteiger partial charge in [-0.2, -0.15) is 4.98 Å². The van der Waals surface area contributed by atoms with Crippen molar-refractivity contribution >= 4 is 23.2 Å². The summed E-state index contributed by atoms with van der Waals surface area (Å²) < 4.78 is 23.9. The molecule has 0 amide bonds. The molecule has 17 nitrogen and oxygen atoms in total. The van der Waals surface area contributed by atoms with E-state index in [9.17, 15) is 14.8 Å². The third kappa shape index (κ3) is 10.5. The number of ether oxygens (including phenoxy) is 4. The summed E-state index contributed by atoms with van der Waals surface area (Å²) in [5, 5.41) is 29.4. The lowest BCUT2D eigenvalue weighted by Gasteiger charge is -2.21. The highest BCUT2D eigenvalue weighted by atomic mass is 16.8. The number of imidazole rings is 1. The molecule has 0 spiro atoms. The van der Waals surface area contributed by atoms with Gasteiger partial charge in [-0.1, -0.05) is 54.6 Å². The van der Waals surface area contributed by atoms with Crippen molar-refractivity contribution in [2.45, 2.75) is 85.3 Å². The van der Waals surface area contributed by atoms with E-state index >= 15 is 0 Å². The number of nitrogens with one attached hydrogen (secondary N) is 1. The number of H-pyrrole nitrogens is 1. The monoisotopic (exact) mass is 758 g/mol. The van der Waals surface area contributed by atoms with Gasteiger partial charge in [0.05, 0.1) is 42.3 Å². The number of tetrazole rings is 1. The van der Waals surface area contributed by atoms with Crippen LogP contribution in [-0.4, -0.2) is 95.7 Å². The van der Waals surface area contributed by atoms with E-state index in [1.807, 2.05) is 80.8 Å². The van der Waals surface area contributed by atoms with Crippen LogP contribution in [0.2, 0.25) is 0 Å². The highest BCUT2D eigenvalue weighted by Crippen LogP contribution is 2.31. The highest BCUT2D eigenvalue weighted by molar-refractivity contribution is 6.02. The molecule has 0 fully saturated rings. The van der Waals surface area contributed by atoms with E-state index in [2.05, 4.69) is 30.9 Å². The van der Waals surface area contributed by atoms with Crippen LogP contribution in [0.5, 0.6) is 6.01 Å². The molecular weight excluding hydrogens is 710 g/mol. The van der Waals surface area contributed by atoms with E-state index < -0.39 is 24.5 Å². The summed E-state index contributed by atoms with van der Waals surface area (Å²) in [7, 11) is 1.69. The fourth-order valence-corrected chi connectivity index (χ4v) is 5.54. The third-order valence-corrected chi connectivity index (χ3v) is 8.66. The van der Waals surface area contributed by atoms with Crippen LogP contribution in [0.1, 0.15) is 76.7 Å². The van der Waals surface area contributed by atoms with Crippen molar-refractivity contribution in [1.82, 2.24) is 35.2 Å². The summed E-state index contributed by atoms with van der Waals surface area (Å²) in [4.78, 5) is 36.5. The number of esters is 1. The van der Waals surface area contributed by atoms with Gasteiger partial charge >= 0.3 is 12.1 Å². The topological polar surface area (TPSA) is 191 Å². The highest BCUT2D eigenvalue weighted by Gasteiger charge is 2.28. The normalized spacial score (nSPS) is 12.9. The van der Waals surface area contributed by atoms with Crippen LogP contribution in [0, 0.1) is 0 Å². The molecule has 0 aliphatic rings. The maximum atomic E-state index is 13.5. The van der Waals surface area contributed by atoms with Crippen LogP contribution in [0.4, 0.5) is 4.79 Å². The Bertz CT molecular complexity index is 2060. The second kappa shape index (κ2) is 18.2. The first-order valence-corrected chi connectivity index (χ1v) is 18.0. The van der Waals surface area contributed by atoms with Crippen LogP contribution in [0.15, 0.2) is 72.0 Å². The van der Waals surface area contributed by atoms with Gasteiger partial charge in [0, 0.05) is 12.5 Å². The molecule has 55 heavy (non-hydrogen) atoms. The number of carbonyl (C=O) groups is 2. The van der Waals surface area contributed by atoms with Crippen molar-refractivity contribution in [2.75, 3.05) is 20.3 Å².